The van der Waals surface area contributed by atoms with Gasteiger partial charge in [0.2, 0.25) is 0 Å². The zero-order valence-corrected chi connectivity index (χ0v) is 15.1. The molecule has 1 aliphatic carbocycles. The quantitative estimate of drug-likeness (QED) is 0.825. The van der Waals surface area contributed by atoms with E-state index < -0.39 is 0 Å². The molecule has 1 aliphatic heterocycles. The van der Waals surface area contributed by atoms with Gasteiger partial charge < -0.3 is 14.5 Å². The molecule has 0 amide bonds. The molecule has 1 aromatic carbocycles. The number of aromatic nitrogens is 1. The maximum atomic E-state index is 4.54. The summed E-state index contributed by atoms with van der Waals surface area (Å²) in [6.45, 7) is 1.19. The number of hydrogen-bond donors (Lipinski definition) is 1. The Morgan fingerprint density at radius 3 is 2.88 bits per heavy atom. The smallest absolute Gasteiger partial charge is 0.140 e. The fraction of sp³-hybridized carbons (Fsp3) is 0.421. The van der Waals surface area contributed by atoms with Crippen LogP contribution in [0.25, 0.3) is 0 Å². The zero-order valence-electron chi connectivity index (χ0n) is 14.3. The Kier molecular flexibility index (Phi) is 4.27. The molecule has 0 atom stereocenters. The third-order valence-corrected chi connectivity index (χ3v) is 5.56. The third kappa shape index (κ3) is 3.05. The molecular weight excluding hydrogens is 316 g/mol. The fourth-order valence-electron chi connectivity index (χ4n) is 3.42. The van der Waals surface area contributed by atoms with Crippen LogP contribution in [0, 0.1) is 0 Å². The highest BCUT2D eigenvalue weighted by atomic mass is 32.2. The maximum absolute atomic E-state index is 4.54. The Bertz CT molecular complexity index is 727. The molecule has 1 fully saturated rings. The Labute approximate surface area is 148 Å². The summed E-state index contributed by atoms with van der Waals surface area (Å²) < 4.78 is 3.58. The molecule has 1 N–H and O–H groups in total. The first-order valence-corrected chi connectivity index (χ1v) is 9.49. The standard InChI is InChI=1S/C19H24N4S/c1-22(2)17-9-4-12-20-19(17)24-21-16-8-3-6-14-7-5-13-23(18(14)16)15-10-11-15/h3-4,6,8-9,12,15,21H,5,7,10-11,13H2,1-2H3. The second kappa shape index (κ2) is 6.55. The molecule has 0 spiro atoms. The van der Waals surface area contributed by atoms with Crippen molar-refractivity contribution in [1.82, 2.24) is 4.98 Å². The Morgan fingerprint density at radius 2 is 2.08 bits per heavy atom. The summed E-state index contributed by atoms with van der Waals surface area (Å²) >= 11 is 1.61. The molecule has 24 heavy (non-hydrogen) atoms. The van der Waals surface area contributed by atoms with Crippen molar-refractivity contribution in [2.45, 2.75) is 36.8 Å². The van der Waals surface area contributed by atoms with Crippen LogP contribution in [0.3, 0.4) is 0 Å². The number of nitrogens with zero attached hydrogens (tertiary/aromatic N) is 3. The van der Waals surface area contributed by atoms with Gasteiger partial charge in [-0.05, 0) is 49.4 Å². The first-order chi connectivity index (χ1) is 11.7. The molecule has 4 rings (SSSR count). The van der Waals surface area contributed by atoms with Gasteiger partial charge in [0.15, 0.2) is 0 Å². The van der Waals surface area contributed by atoms with Crippen LogP contribution >= 0.6 is 11.9 Å². The van der Waals surface area contributed by atoms with Crippen molar-refractivity contribution in [2.24, 2.45) is 0 Å². The molecule has 2 aliphatic rings. The minimum absolute atomic E-state index is 0.754. The number of nitrogens with one attached hydrogen (secondary N) is 1. The van der Waals surface area contributed by atoms with Gasteiger partial charge in [0.1, 0.15) is 5.03 Å². The van der Waals surface area contributed by atoms with Gasteiger partial charge in [0.05, 0.1) is 17.1 Å². The van der Waals surface area contributed by atoms with Gasteiger partial charge in [0.25, 0.3) is 0 Å². The van der Waals surface area contributed by atoms with Crippen LogP contribution in [0.1, 0.15) is 24.8 Å². The zero-order chi connectivity index (χ0) is 16.5. The SMILES string of the molecule is CN(C)c1cccnc1SNc1cccc2c1N(C1CC1)CCC2. The number of anilines is 3. The molecule has 0 unspecified atom stereocenters. The number of pyridine rings is 1. The summed E-state index contributed by atoms with van der Waals surface area (Å²) in [5.41, 5.74) is 5.26. The monoisotopic (exact) mass is 340 g/mol. The van der Waals surface area contributed by atoms with Crippen LogP contribution in [0.4, 0.5) is 17.1 Å². The molecule has 1 saturated carbocycles. The van der Waals surface area contributed by atoms with E-state index in [0.717, 1.165) is 16.8 Å². The second-order valence-electron chi connectivity index (χ2n) is 6.77. The molecule has 2 heterocycles. The molecular formula is C19H24N4S. The first kappa shape index (κ1) is 15.6. The van der Waals surface area contributed by atoms with E-state index in [4.69, 9.17) is 0 Å². The topological polar surface area (TPSA) is 31.4 Å². The van der Waals surface area contributed by atoms with Crippen molar-refractivity contribution in [1.29, 1.82) is 0 Å². The largest absolute Gasteiger partial charge is 0.375 e. The number of hydrogen-bond acceptors (Lipinski definition) is 5. The lowest BCUT2D eigenvalue weighted by Crippen LogP contribution is -2.31. The molecule has 0 bridgehead atoms. The Morgan fingerprint density at radius 1 is 1.21 bits per heavy atom. The fourth-order valence-corrected chi connectivity index (χ4v) is 4.26. The summed E-state index contributed by atoms with van der Waals surface area (Å²) in [5.74, 6) is 0. The van der Waals surface area contributed by atoms with Gasteiger partial charge in [-0.2, -0.15) is 0 Å². The molecule has 0 saturated heterocycles. The number of aryl methyl sites for hydroxylation is 1. The maximum Gasteiger partial charge on any atom is 0.140 e. The number of benzene rings is 1. The van der Waals surface area contributed by atoms with Crippen molar-refractivity contribution in [3.63, 3.8) is 0 Å². The van der Waals surface area contributed by atoms with Gasteiger partial charge >= 0.3 is 0 Å². The third-order valence-electron chi connectivity index (χ3n) is 4.73. The molecule has 5 heteroatoms. The van der Waals surface area contributed by atoms with Crippen molar-refractivity contribution < 1.29 is 0 Å². The molecule has 4 nitrogen and oxygen atoms in total. The van der Waals surface area contributed by atoms with Gasteiger partial charge in [-0.1, -0.05) is 12.1 Å². The van der Waals surface area contributed by atoms with E-state index in [1.165, 1.54) is 49.2 Å². The lowest BCUT2D eigenvalue weighted by Gasteiger charge is -2.33. The second-order valence-corrected chi connectivity index (χ2v) is 7.56. The summed E-state index contributed by atoms with van der Waals surface area (Å²) in [6, 6.07) is 11.5. The van der Waals surface area contributed by atoms with Gasteiger partial charge in [-0.15, -0.1) is 0 Å². The van der Waals surface area contributed by atoms with Crippen LogP contribution in [-0.4, -0.2) is 31.7 Å². The van der Waals surface area contributed by atoms with Crippen molar-refractivity contribution in [3.05, 3.63) is 42.1 Å². The number of para-hydroxylation sites is 1. The van der Waals surface area contributed by atoms with Crippen LogP contribution in [0.15, 0.2) is 41.6 Å². The highest BCUT2D eigenvalue weighted by Crippen LogP contribution is 2.42. The average Bonchev–Trinajstić information content (AvgIpc) is 3.44. The summed E-state index contributed by atoms with van der Waals surface area (Å²) in [7, 11) is 4.11. The normalized spacial score (nSPS) is 16.7. The Balaban J connectivity index is 1.60. The van der Waals surface area contributed by atoms with Crippen molar-refractivity contribution >= 4 is 29.0 Å². The van der Waals surface area contributed by atoms with Crippen molar-refractivity contribution in [3.8, 4) is 0 Å². The van der Waals surface area contributed by atoms with Crippen LogP contribution in [-0.2, 0) is 6.42 Å². The van der Waals surface area contributed by atoms with E-state index in [1.807, 2.05) is 12.3 Å². The highest BCUT2D eigenvalue weighted by molar-refractivity contribution is 8.00. The van der Waals surface area contributed by atoms with E-state index in [2.05, 4.69) is 57.9 Å². The van der Waals surface area contributed by atoms with Crippen molar-refractivity contribution in [2.75, 3.05) is 35.2 Å². The summed E-state index contributed by atoms with van der Waals surface area (Å²) in [6.07, 6.45) is 6.99. The van der Waals surface area contributed by atoms with Crippen LogP contribution < -0.4 is 14.5 Å². The van der Waals surface area contributed by atoms with E-state index in [-0.39, 0.29) is 0 Å². The summed E-state index contributed by atoms with van der Waals surface area (Å²) in [4.78, 5) is 9.26. The van der Waals surface area contributed by atoms with E-state index >= 15 is 0 Å². The van der Waals surface area contributed by atoms with Crippen LogP contribution in [0.5, 0.6) is 0 Å². The van der Waals surface area contributed by atoms with E-state index in [9.17, 15) is 0 Å². The average molecular weight is 340 g/mol. The van der Waals surface area contributed by atoms with Gasteiger partial charge in [-0.3, -0.25) is 0 Å². The molecule has 2 aromatic rings. The minimum Gasteiger partial charge on any atom is -0.375 e. The number of fused-ring (bicyclic) bond motifs is 1. The molecule has 1 aromatic heterocycles. The lowest BCUT2D eigenvalue weighted by molar-refractivity contribution is 0.689. The van der Waals surface area contributed by atoms with Gasteiger partial charge in [-0.25, -0.2) is 4.98 Å². The predicted molar refractivity (Wildman–Crippen MR) is 103 cm³/mol. The predicted octanol–water partition coefficient (Wildman–Crippen LogP) is 4.18. The highest BCUT2D eigenvalue weighted by Gasteiger charge is 2.33. The number of rotatable bonds is 5. The lowest BCUT2D eigenvalue weighted by atomic mass is 10.0. The van der Waals surface area contributed by atoms with E-state index in [1.54, 1.807) is 11.9 Å². The van der Waals surface area contributed by atoms with Crippen LogP contribution in [0.2, 0.25) is 0 Å². The Hall–Kier alpha value is -1.88. The summed E-state index contributed by atoms with van der Waals surface area (Å²) in [5, 5.41) is 1.01. The first-order valence-electron chi connectivity index (χ1n) is 8.68. The molecule has 126 valence electrons. The molecule has 0 radical (unpaired) electrons. The van der Waals surface area contributed by atoms with E-state index in [0.29, 0.717) is 0 Å². The minimum atomic E-state index is 0.754. The van der Waals surface area contributed by atoms with Gasteiger partial charge in [0, 0.05) is 44.8 Å².